The smallest absolute Gasteiger partial charge is 0.348 e. The Labute approximate surface area is 257 Å². The number of fused-ring (bicyclic) bond motifs is 2. The molecule has 0 bridgehead atoms. The minimum Gasteiger partial charge on any atom is -0.348 e. The number of piperazine rings is 1. The zero-order chi connectivity index (χ0) is 32.5. The van der Waals surface area contributed by atoms with Crippen LogP contribution in [0.4, 0.5) is 19.0 Å². The maximum absolute atomic E-state index is 17.1. The van der Waals surface area contributed by atoms with Crippen LogP contribution in [-0.4, -0.2) is 64.7 Å². The summed E-state index contributed by atoms with van der Waals surface area (Å²) in [5.74, 6) is -5.40. The van der Waals surface area contributed by atoms with Gasteiger partial charge in [-0.3, -0.25) is 14.3 Å². The SMILES string of the molecule is C=CC(=O)N1CC2CS(=O)(=O)c3c(F)c(-c4ccccc4F)c(F)c4c3c(nc(=O)n4-c3c(C)ccnc3C(C)C)N2CC1C. The van der Waals surface area contributed by atoms with E-state index in [1.807, 2.05) is 13.8 Å². The molecular formula is C32H30F3N5O4S. The normalized spacial score (nSPS) is 19.0. The van der Waals surface area contributed by atoms with Crippen LogP contribution in [-0.2, 0) is 14.6 Å². The van der Waals surface area contributed by atoms with E-state index in [4.69, 9.17) is 0 Å². The van der Waals surface area contributed by atoms with Gasteiger partial charge in [-0.1, -0.05) is 38.6 Å². The van der Waals surface area contributed by atoms with Gasteiger partial charge in [0.1, 0.15) is 16.5 Å². The number of aromatic nitrogens is 3. The van der Waals surface area contributed by atoms with Crippen LogP contribution in [0, 0.1) is 24.4 Å². The van der Waals surface area contributed by atoms with Crippen molar-refractivity contribution in [3.63, 3.8) is 0 Å². The number of anilines is 1. The number of carbonyl (C=O) groups is 1. The van der Waals surface area contributed by atoms with Crippen molar-refractivity contribution in [2.45, 2.75) is 50.6 Å². The van der Waals surface area contributed by atoms with Gasteiger partial charge >= 0.3 is 5.69 Å². The summed E-state index contributed by atoms with van der Waals surface area (Å²) in [6, 6.07) is 5.01. The van der Waals surface area contributed by atoms with E-state index in [0.717, 1.165) is 22.8 Å². The Hall–Kier alpha value is -4.52. The number of nitrogens with zero attached hydrogens (tertiary/aromatic N) is 5. The fourth-order valence-corrected chi connectivity index (χ4v) is 8.29. The van der Waals surface area contributed by atoms with Crippen LogP contribution in [0.2, 0.25) is 0 Å². The molecule has 1 fully saturated rings. The number of hydrogen-bond acceptors (Lipinski definition) is 7. The Bertz CT molecular complexity index is 2100. The first-order valence-corrected chi connectivity index (χ1v) is 16.0. The van der Waals surface area contributed by atoms with Crippen LogP contribution in [0.3, 0.4) is 0 Å². The highest BCUT2D eigenvalue weighted by molar-refractivity contribution is 7.91. The standard InChI is InChI=1S/C32H30F3N5O4S/c1-6-22(41)38-14-19-15-45(43,44)30-24-29(25(34)23(26(30)35)20-9-7-8-10-21(20)33)40(28-17(4)11-12-36-27(28)16(2)3)32(42)37-31(24)39(19)13-18(38)5/h6-12,16,18-19H,1,13-15H2,2-5H3. The first-order valence-electron chi connectivity index (χ1n) is 14.4. The van der Waals surface area contributed by atoms with Gasteiger partial charge in [-0.05, 0) is 43.5 Å². The lowest BCUT2D eigenvalue weighted by Crippen LogP contribution is -2.60. The van der Waals surface area contributed by atoms with E-state index in [2.05, 4.69) is 16.5 Å². The van der Waals surface area contributed by atoms with E-state index >= 15 is 13.2 Å². The van der Waals surface area contributed by atoms with Crippen LogP contribution >= 0.6 is 0 Å². The molecule has 0 radical (unpaired) electrons. The second-order valence-corrected chi connectivity index (χ2v) is 13.7. The first kappa shape index (κ1) is 30.5. The van der Waals surface area contributed by atoms with Crippen molar-refractivity contribution < 1.29 is 26.4 Å². The van der Waals surface area contributed by atoms with Gasteiger partial charge in [0.15, 0.2) is 21.5 Å². The van der Waals surface area contributed by atoms with Gasteiger partial charge < -0.3 is 9.80 Å². The van der Waals surface area contributed by atoms with E-state index in [1.54, 1.807) is 19.9 Å². The maximum Gasteiger partial charge on any atom is 0.354 e. The van der Waals surface area contributed by atoms with Crippen molar-refractivity contribution in [1.82, 2.24) is 19.4 Å². The highest BCUT2D eigenvalue weighted by atomic mass is 32.2. The average molecular weight is 638 g/mol. The quantitative estimate of drug-likeness (QED) is 0.237. The molecule has 0 spiro atoms. The summed E-state index contributed by atoms with van der Waals surface area (Å²) in [5, 5.41) is -0.430. The van der Waals surface area contributed by atoms with Gasteiger partial charge in [0.05, 0.1) is 39.6 Å². The summed E-state index contributed by atoms with van der Waals surface area (Å²) in [6.45, 7) is 10.5. The van der Waals surface area contributed by atoms with Gasteiger partial charge in [-0.15, -0.1) is 0 Å². The molecule has 13 heteroatoms. The maximum atomic E-state index is 17.1. The molecule has 9 nitrogen and oxygen atoms in total. The van der Waals surface area contributed by atoms with E-state index < -0.39 is 83.6 Å². The third kappa shape index (κ3) is 4.63. The Kier molecular flexibility index (Phi) is 7.34. The third-order valence-electron chi connectivity index (χ3n) is 8.51. The Morgan fingerprint density at radius 3 is 2.49 bits per heavy atom. The summed E-state index contributed by atoms with van der Waals surface area (Å²) in [7, 11) is -4.61. The fourth-order valence-electron chi connectivity index (χ4n) is 6.46. The third-order valence-corrected chi connectivity index (χ3v) is 10.3. The number of halogens is 3. The highest BCUT2D eigenvalue weighted by Crippen LogP contribution is 2.45. The molecule has 6 rings (SSSR count). The van der Waals surface area contributed by atoms with Gasteiger partial charge in [0.25, 0.3) is 0 Å². The van der Waals surface area contributed by atoms with Gasteiger partial charge in [-0.2, -0.15) is 4.98 Å². The molecule has 234 valence electrons. The molecule has 1 amide bonds. The minimum absolute atomic E-state index is 0.0201. The molecule has 2 atom stereocenters. The van der Waals surface area contributed by atoms with Gasteiger partial charge in [0.2, 0.25) is 5.91 Å². The highest BCUT2D eigenvalue weighted by Gasteiger charge is 2.44. The summed E-state index contributed by atoms with van der Waals surface area (Å²) in [4.78, 5) is 37.5. The molecule has 2 aromatic heterocycles. The van der Waals surface area contributed by atoms with Crippen LogP contribution in [0.15, 0.2) is 58.9 Å². The van der Waals surface area contributed by atoms with Crippen LogP contribution in [0.25, 0.3) is 27.7 Å². The minimum atomic E-state index is -4.61. The predicted octanol–water partition coefficient (Wildman–Crippen LogP) is 4.68. The second-order valence-electron chi connectivity index (χ2n) is 11.7. The molecule has 4 aromatic rings. The molecule has 2 aliphatic heterocycles. The summed E-state index contributed by atoms with van der Waals surface area (Å²) in [5.41, 5.74) is -1.88. The lowest BCUT2D eigenvalue weighted by Gasteiger charge is -2.44. The van der Waals surface area contributed by atoms with Crippen LogP contribution in [0.1, 0.15) is 37.9 Å². The lowest BCUT2D eigenvalue weighted by molar-refractivity contribution is -0.128. The number of hydrogen-bond donors (Lipinski definition) is 0. The van der Waals surface area contributed by atoms with Crippen molar-refractivity contribution in [3.8, 4) is 16.8 Å². The zero-order valence-corrected chi connectivity index (χ0v) is 25.8. The van der Waals surface area contributed by atoms with E-state index in [0.29, 0.717) is 11.3 Å². The molecule has 0 saturated carbocycles. The monoisotopic (exact) mass is 637 g/mol. The molecular weight excluding hydrogens is 607 g/mol. The number of rotatable bonds is 4. The zero-order valence-electron chi connectivity index (χ0n) is 25.0. The Morgan fingerprint density at radius 2 is 1.82 bits per heavy atom. The largest absolute Gasteiger partial charge is 0.354 e. The van der Waals surface area contributed by atoms with Gasteiger partial charge in [-0.25, -0.2) is 26.4 Å². The Balaban J connectivity index is 1.83. The van der Waals surface area contributed by atoms with Crippen molar-refractivity contribution in [1.29, 1.82) is 0 Å². The fraction of sp³-hybridized carbons (Fsp3) is 0.312. The molecule has 2 aromatic carbocycles. The van der Waals surface area contributed by atoms with Crippen molar-refractivity contribution in [3.05, 3.63) is 88.4 Å². The number of sulfone groups is 1. The molecule has 4 heterocycles. The number of carbonyl (C=O) groups excluding carboxylic acids is 1. The number of pyridine rings is 1. The second kappa shape index (κ2) is 10.8. The summed E-state index contributed by atoms with van der Waals surface area (Å²) >= 11 is 0. The molecule has 0 aliphatic carbocycles. The average Bonchev–Trinajstić information content (AvgIpc) is 3.07. The molecule has 45 heavy (non-hydrogen) atoms. The van der Waals surface area contributed by atoms with E-state index in [-0.39, 0.29) is 30.5 Å². The number of amides is 1. The van der Waals surface area contributed by atoms with E-state index in [9.17, 15) is 18.0 Å². The van der Waals surface area contributed by atoms with E-state index in [1.165, 1.54) is 28.1 Å². The lowest BCUT2D eigenvalue weighted by atomic mass is 9.99. The molecule has 2 unspecified atom stereocenters. The van der Waals surface area contributed by atoms with Crippen molar-refractivity contribution >= 4 is 32.5 Å². The predicted molar refractivity (Wildman–Crippen MR) is 164 cm³/mol. The first-order chi connectivity index (χ1) is 21.3. The molecule has 0 N–H and O–H groups in total. The summed E-state index contributed by atoms with van der Waals surface area (Å²) < 4.78 is 78.4. The summed E-state index contributed by atoms with van der Waals surface area (Å²) in [6.07, 6.45) is 2.64. The van der Waals surface area contributed by atoms with Crippen LogP contribution < -0.4 is 10.6 Å². The molecule has 2 aliphatic rings. The van der Waals surface area contributed by atoms with Crippen LogP contribution in [0.5, 0.6) is 0 Å². The number of benzene rings is 2. The number of aryl methyl sites for hydroxylation is 1. The van der Waals surface area contributed by atoms with Gasteiger partial charge in [0, 0.05) is 30.9 Å². The Morgan fingerprint density at radius 1 is 1.11 bits per heavy atom. The molecule has 1 saturated heterocycles. The topological polar surface area (TPSA) is 105 Å². The van der Waals surface area contributed by atoms with Crippen molar-refractivity contribution in [2.24, 2.45) is 0 Å². The van der Waals surface area contributed by atoms with Crippen molar-refractivity contribution in [2.75, 3.05) is 23.7 Å².